The van der Waals surface area contributed by atoms with Crippen molar-refractivity contribution < 1.29 is 14.1 Å². The van der Waals surface area contributed by atoms with Gasteiger partial charge < -0.3 is 14.6 Å². The number of ether oxygens (including phenoxy) is 1. The number of aromatic nitrogens is 1. The monoisotopic (exact) mass is 332 g/mol. The molecule has 0 radical (unpaired) electrons. The van der Waals surface area contributed by atoms with Crippen molar-refractivity contribution in [1.82, 2.24) is 10.5 Å². The summed E-state index contributed by atoms with van der Waals surface area (Å²) in [5.74, 6) is 3.92. The average Bonchev–Trinajstić information content (AvgIpc) is 3.28. The molecule has 1 fully saturated rings. The van der Waals surface area contributed by atoms with E-state index in [0.29, 0.717) is 23.8 Å². The molecule has 1 amide bonds. The predicted molar refractivity (Wildman–Crippen MR) is 90.4 cm³/mol. The molecular formula is C17H20N2O3S. The molecule has 1 N–H and O–H groups in total. The number of carbonyl (C=O) groups excluding carboxylic acids is 1. The van der Waals surface area contributed by atoms with Crippen molar-refractivity contribution in [3.8, 4) is 17.1 Å². The van der Waals surface area contributed by atoms with Crippen molar-refractivity contribution in [1.29, 1.82) is 0 Å². The van der Waals surface area contributed by atoms with Gasteiger partial charge in [-0.2, -0.15) is 11.8 Å². The van der Waals surface area contributed by atoms with Gasteiger partial charge in [0.05, 0.1) is 19.4 Å². The van der Waals surface area contributed by atoms with Gasteiger partial charge >= 0.3 is 0 Å². The minimum Gasteiger partial charge on any atom is -0.497 e. The lowest BCUT2D eigenvalue weighted by molar-refractivity contribution is -0.118. The molecule has 1 aliphatic carbocycles. The van der Waals surface area contributed by atoms with Gasteiger partial charge in [0.25, 0.3) is 0 Å². The van der Waals surface area contributed by atoms with E-state index in [9.17, 15) is 4.79 Å². The van der Waals surface area contributed by atoms with Crippen LogP contribution >= 0.6 is 11.8 Å². The lowest BCUT2D eigenvalue weighted by atomic mass is 10.1. The van der Waals surface area contributed by atoms with Crippen molar-refractivity contribution in [2.45, 2.75) is 19.4 Å². The molecule has 0 saturated heterocycles. The summed E-state index contributed by atoms with van der Waals surface area (Å²) in [4.78, 5) is 11.8. The SMILES string of the molecule is COc1cccc(-c2cc(CNC(=O)CSCC3CC3)no2)c1. The van der Waals surface area contributed by atoms with Gasteiger partial charge in [0.2, 0.25) is 5.91 Å². The lowest BCUT2D eigenvalue weighted by Crippen LogP contribution is -2.24. The number of nitrogens with one attached hydrogen (secondary N) is 1. The first-order valence-corrected chi connectivity index (χ1v) is 8.84. The normalized spacial score (nSPS) is 13.8. The molecule has 0 unspecified atom stereocenters. The number of hydrogen-bond donors (Lipinski definition) is 1. The highest BCUT2D eigenvalue weighted by Crippen LogP contribution is 2.32. The standard InChI is InChI=1S/C17H20N2O3S/c1-21-15-4-2-3-13(7-15)16-8-14(19-22-16)9-18-17(20)11-23-10-12-5-6-12/h2-4,7-8,12H,5-6,9-11H2,1H3,(H,18,20). The van der Waals surface area contributed by atoms with Crippen LogP contribution in [0.5, 0.6) is 5.75 Å². The van der Waals surface area contributed by atoms with Gasteiger partial charge in [0, 0.05) is 11.6 Å². The first-order valence-electron chi connectivity index (χ1n) is 7.69. The highest BCUT2D eigenvalue weighted by Gasteiger charge is 2.21. The molecule has 23 heavy (non-hydrogen) atoms. The molecule has 1 saturated carbocycles. The Balaban J connectivity index is 1.49. The first-order chi connectivity index (χ1) is 11.2. The molecule has 5 nitrogen and oxygen atoms in total. The van der Waals surface area contributed by atoms with E-state index in [2.05, 4.69) is 10.5 Å². The molecule has 0 aliphatic heterocycles. The van der Waals surface area contributed by atoms with E-state index in [4.69, 9.17) is 9.26 Å². The third-order valence-corrected chi connectivity index (χ3v) is 4.84. The summed E-state index contributed by atoms with van der Waals surface area (Å²) < 4.78 is 10.5. The summed E-state index contributed by atoms with van der Waals surface area (Å²) >= 11 is 1.70. The number of amides is 1. The Morgan fingerprint density at radius 2 is 2.30 bits per heavy atom. The molecule has 0 spiro atoms. The maximum Gasteiger partial charge on any atom is 0.230 e. The van der Waals surface area contributed by atoms with Crippen molar-refractivity contribution >= 4 is 17.7 Å². The van der Waals surface area contributed by atoms with Gasteiger partial charge in [-0.15, -0.1) is 0 Å². The van der Waals surface area contributed by atoms with Crippen LogP contribution in [-0.4, -0.2) is 29.7 Å². The van der Waals surface area contributed by atoms with Crippen LogP contribution in [0.25, 0.3) is 11.3 Å². The van der Waals surface area contributed by atoms with Crippen LogP contribution in [0.1, 0.15) is 18.5 Å². The van der Waals surface area contributed by atoms with E-state index in [1.165, 1.54) is 12.8 Å². The summed E-state index contributed by atoms with van der Waals surface area (Å²) in [6.07, 6.45) is 2.64. The van der Waals surface area contributed by atoms with Crippen LogP contribution in [-0.2, 0) is 11.3 Å². The molecule has 3 rings (SSSR count). The third kappa shape index (κ3) is 4.76. The topological polar surface area (TPSA) is 64.4 Å². The molecular weight excluding hydrogens is 312 g/mol. The Labute approximate surface area is 139 Å². The van der Waals surface area contributed by atoms with E-state index in [1.807, 2.05) is 30.3 Å². The lowest BCUT2D eigenvalue weighted by Gasteiger charge is -2.02. The molecule has 122 valence electrons. The Morgan fingerprint density at radius 1 is 1.43 bits per heavy atom. The zero-order valence-electron chi connectivity index (χ0n) is 13.1. The summed E-state index contributed by atoms with van der Waals surface area (Å²) in [6, 6.07) is 9.43. The number of nitrogens with zero attached hydrogens (tertiary/aromatic N) is 1. The van der Waals surface area contributed by atoms with Crippen LogP contribution in [0.4, 0.5) is 0 Å². The maximum atomic E-state index is 11.8. The van der Waals surface area contributed by atoms with Gasteiger partial charge in [-0.05, 0) is 36.6 Å². The molecule has 1 heterocycles. The van der Waals surface area contributed by atoms with Crippen LogP contribution in [0.2, 0.25) is 0 Å². The Bertz CT molecular complexity index is 667. The Morgan fingerprint density at radius 3 is 3.09 bits per heavy atom. The van der Waals surface area contributed by atoms with E-state index >= 15 is 0 Å². The van der Waals surface area contributed by atoms with Gasteiger partial charge in [-0.25, -0.2) is 0 Å². The summed E-state index contributed by atoms with van der Waals surface area (Å²) in [6.45, 7) is 0.385. The second-order valence-electron chi connectivity index (χ2n) is 5.65. The van der Waals surface area contributed by atoms with E-state index in [-0.39, 0.29) is 5.91 Å². The van der Waals surface area contributed by atoms with E-state index in [0.717, 1.165) is 23.0 Å². The van der Waals surface area contributed by atoms with E-state index < -0.39 is 0 Å². The minimum absolute atomic E-state index is 0.0431. The zero-order valence-corrected chi connectivity index (χ0v) is 13.9. The Hall–Kier alpha value is -1.95. The minimum atomic E-state index is 0.0431. The van der Waals surface area contributed by atoms with Crippen molar-refractivity contribution in [2.75, 3.05) is 18.6 Å². The molecule has 1 aromatic heterocycles. The fourth-order valence-electron chi connectivity index (χ4n) is 2.15. The van der Waals surface area contributed by atoms with Gasteiger partial charge in [-0.1, -0.05) is 17.3 Å². The van der Waals surface area contributed by atoms with Crippen LogP contribution in [0.3, 0.4) is 0 Å². The smallest absolute Gasteiger partial charge is 0.230 e. The third-order valence-electron chi connectivity index (χ3n) is 3.66. The number of rotatable bonds is 8. The molecule has 0 atom stereocenters. The Kier molecular flexibility index (Phi) is 5.23. The highest BCUT2D eigenvalue weighted by atomic mass is 32.2. The fourth-order valence-corrected chi connectivity index (χ4v) is 3.22. The quantitative estimate of drug-likeness (QED) is 0.805. The number of carbonyl (C=O) groups is 1. The van der Waals surface area contributed by atoms with Gasteiger partial charge in [0.15, 0.2) is 5.76 Å². The molecule has 6 heteroatoms. The zero-order chi connectivity index (χ0) is 16.1. The fraction of sp³-hybridized carbons (Fsp3) is 0.412. The molecule has 1 aliphatic rings. The van der Waals surface area contributed by atoms with Gasteiger partial charge in [-0.3, -0.25) is 4.79 Å². The summed E-state index contributed by atoms with van der Waals surface area (Å²) in [5.41, 5.74) is 1.61. The molecule has 0 bridgehead atoms. The number of hydrogen-bond acceptors (Lipinski definition) is 5. The van der Waals surface area contributed by atoms with Crippen molar-refractivity contribution in [3.63, 3.8) is 0 Å². The van der Waals surface area contributed by atoms with E-state index in [1.54, 1.807) is 18.9 Å². The second-order valence-corrected chi connectivity index (χ2v) is 6.68. The number of thioether (sulfide) groups is 1. The maximum absolute atomic E-state index is 11.8. The average molecular weight is 332 g/mol. The van der Waals surface area contributed by atoms with Crippen molar-refractivity contribution in [2.24, 2.45) is 5.92 Å². The highest BCUT2D eigenvalue weighted by molar-refractivity contribution is 7.99. The van der Waals surface area contributed by atoms with Crippen LogP contribution in [0, 0.1) is 5.92 Å². The largest absolute Gasteiger partial charge is 0.497 e. The summed E-state index contributed by atoms with van der Waals surface area (Å²) in [5, 5.41) is 6.87. The molecule has 1 aromatic carbocycles. The first kappa shape index (κ1) is 15.9. The van der Waals surface area contributed by atoms with Crippen molar-refractivity contribution in [3.05, 3.63) is 36.0 Å². The van der Waals surface area contributed by atoms with Crippen LogP contribution < -0.4 is 10.1 Å². The summed E-state index contributed by atoms with van der Waals surface area (Å²) in [7, 11) is 1.63. The molecule has 2 aromatic rings. The number of benzene rings is 1. The van der Waals surface area contributed by atoms with Gasteiger partial charge in [0.1, 0.15) is 11.4 Å². The predicted octanol–water partition coefficient (Wildman–Crippen LogP) is 3.11. The van der Waals surface area contributed by atoms with Crippen LogP contribution in [0.15, 0.2) is 34.9 Å². The second kappa shape index (κ2) is 7.55. The number of methoxy groups -OCH3 is 1.